The van der Waals surface area contributed by atoms with Crippen LogP contribution in [-0.4, -0.2) is 18.3 Å². The largest absolute Gasteiger partial charge is 0.498 e. The molecule has 0 N–H and O–H groups in total. The third-order valence-electron chi connectivity index (χ3n) is 7.30. The SMILES string of the molecule is CC1(C)OB(c2cccc3c2oc2ccc(N(c4ccccc4)c4ccccc4)cc23)OC1(C)C. The van der Waals surface area contributed by atoms with Gasteiger partial charge in [0.25, 0.3) is 0 Å². The number of anilines is 3. The number of fused-ring (bicyclic) bond motifs is 3. The van der Waals surface area contributed by atoms with E-state index in [0.29, 0.717) is 0 Å². The van der Waals surface area contributed by atoms with E-state index in [1.807, 2.05) is 18.2 Å². The lowest BCUT2D eigenvalue weighted by Gasteiger charge is -2.32. The minimum atomic E-state index is -0.478. The van der Waals surface area contributed by atoms with E-state index >= 15 is 0 Å². The Hall–Kier alpha value is -3.54. The van der Waals surface area contributed by atoms with Gasteiger partial charge in [-0.05, 0) is 70.2 Å². The Kier molecular flexibility index (Phi) is 5.03. The van der Waals surface area contributed by atoms with Crippen LogP contribution in [0.5, 0.6) is 0 Å². The smallest absolute Gasteiger partial charge is 0.456 e. The van der Waals surface area contributed by atoms with Gasteiger partial charge in [-0.1, -0.05) is 54.6 Å². The van der Waals surface area contributed by atoms with Gasteiger partial charge in [-0.2, -0.15) is 0 Å². The summed E-state index contributed by atoms with van der Waals surface area (Å²) < 4.78 is 19.1. The standard InChI is InChI=1S/C30H28BNO3/c1-29(2)30(3,4)35-31(34-29)26-17-11-16-24-25-20-23(18-19-27(25)33-28(24)26)32(21-12-7-5-8-13-21)22-14-9-6-10-15-22/h5-20H,1-4H3. The molecular formula is C30H28BNO3. The highest BCUT2D eigenvalue weighted by Gasteiger charge is 2.52. The van der Waals surface area contributed by atoms with Crippen LogP contribution in [0.4, 0.5) is 17.1 Å². The van der Waals surface area contributed by atoms with Crippen LogP contribution in [0.1, 0.15) is 27.7 Å². The summed E-state index contributed by atoms with van der Waals surface area (Å²) in [6, 6.07) is 33.4. The van der Waals surface area contributed by atoms with Gasteiger partial charge in [0, 0.05) is 33.3 Å². The second-order valence-corrected chi connectivity index (χ2v) is 10.1. The minimum absolute atomic E-state index is 0.412. The number of benzene rings is 4. The first kappa shape index (κ1) is 22.0. The van der Waals surface area contributed by atoms with Gasteiger partial charge in [-0.3, -0.25) is 0 Å². The summed E-state index contributed by atoms with van der Waals surface area (Å²) in [7, 11) is -0.478. The molecule has 0 spiro atoms. The molecule has 5 heteroatoms. The zero-order valence-electron chi connectivity index (χ0n) is 20.5. The fourth-order valence-corrected chi connectivity index (χ4v) is 4.70. The van der Waals surface area contributed by atoms with Gasteiger partial charge in [-0.25, -0.2) is 0 Å². The van der Waals surface area contributed by atoms with Crippen molar-refractivity contribution in [2.75, 3.05) is 4.90 Å². The van der Waals surface area contributed by atoms with E-state index in [0.717, 1.165) is 44.5 Å². The molecule has 174 valence electrons. The summed E-state index contributed by atoms with van der Waals surface area (Å²) in [6.07, 6.45) is 0. The van der Waals surface area contributed by atoms with E-state index < -0.39 is 18.3 Å². The van der Waals surface area contributed by atoms with E-state index in [1.54, 1.807) is 0 Å². The summed E-state index contributed by atoms with van der Waals surface area (Å²) in [4.78, 5) is 2.26. The quantitative estimate of drug-likeness (QED) is 0.262. The van der Waals surface area contributed by atoms with Crippen LogP contribution in [0.2, 0.25) is 0 Å². The van der Waals surface area contributed by atoms with Crippen molar-refractivity contribution in [2.45, 2.75) is 38.9 Å². The van der Waals surface area contributed by atoms with Gasteiger partial charge in [0.1, 0.15) is 11.2 Å². The highest BCUT2D eigenvalue weighted by molar-refractivity contribution is 6.65. The molecule has 0 saturated carbocycles. The third kappa shape index (κ3) is 3.63. The third-order valence-corrected chi connectivity index (χ3v) is 7.30. The van der Waals surface area contributed by atoms with Gasteiger partial charge in [0.05, 0.1) is 11.2 Å². The maximum absolute atomic E-state index is 6.40. The predicted octanol–water partition coefficient (Wildman–Crippen LogP) is 7.36. The molecule has 0 atom stereocenters. The maximum Gasteiger partial charge on any atom is 0.498 e. The molecule has 0 amide bonds. The first-order valence-corrected chi connectivity index (χ1v) is 12.1. The average molecular weight is 461 g/mol. The van der Waals surface area contributed by atoms with Crippen molar-refractivity contribution in [3.05, 3.63) is 97.1 Å². The van der Waals surface area contributed by atoms with Crippen molar-refractivity contribution in [2.24, 2.45) is 0 Å². The van der Waals surface area contributed by atoms with Gasteiger partial charge >= 0.3 is 7.12 Å². The number of hydrogen-bond acceptors (Lipinski definition) is 4. The molecule has 2 heterocycles. The summed E-state index contributed by atoms with van der Waals surface area (Å²) in [5.41, 5.74) is 5.02. The summed E-state index contributed by atoms with van der Waals surface area (Å²) in [5, 5.41) is 2.11. The molecular weight excluding hydrogens is 433 g/mol. The normalized spacial score (nSPS) is 16.7. The maximum atomic E-state index is 6.40. The molecule has 1 aliphatic heterocycles. The second kappa shape index (κ2) is 8.01. The summed E-state index contributed by atoms with van der Waals surface area (Å²) in [5.74, 6) is 0. The molecule has 4 aromatic carbocycles. The van der Waals surface area contributed by atoms with Crippen molar-refractivity contribution in [3.8, 4) is 0 Å². The Morgan fingerprint density at radius 1 is 0.600 bits per heavy atom. The fraction of sp³-hybridized carbons (Fsp3) is 0.200. The molecule has 1 aromatic heterocycles. The minimum Gasteiger partial charge on any atom is -0.456 e. The number of furan rings is 1. The molecule has 0 unspecified atom stereocenters. The monoisotopic (exact) mass is 461 g/mol. The van der Waals surface area contributed by atoms with Crippen LogP contribution in [0.15, 0.2) is 101 Å². The predicted molar refractivity (Wildman–Crippen MR) is 144 cm³/mol. The van der Waals surface area contributed by atoms with E-state index in [9.17, 15) is 0 Å². The number of hydrogen-bond donors (Lipinski definition) is 0. The van der Waals surface area contributed by atoms with E-state index in [4.69, 9.17) is 13.7 Å². The number of para-hydroxylation sites is 3. The Morgan fingerprint density at radius 2 is 1.20 bits per heavy atom. The first-order valence-electron chi connectivity index (χ1n) is 12.1. The molecule has 5 aromatic rings. The molecule has 0 radical (unpaired) electrons. The lowest BCUT2D eigenvalue weighted by atomic mass is 9.78. The fourth-order valence-electron chi connectivity index (χ4n) is 4.70. The molecule has 0 bridgehead atoms. The number of rotatable bonds is 4. The van der Waals surface area contributed by atoms with Crippen molar-refractivity contribution in [1.29, 1.82) is 0 Å². The van der Waals surface area contributed by atoms with Crippen LogP contribution >= 0.6 is 0 Å². The second-order valence-electron chi connectivity index (χ2n) is 10.1. The van der Waals surface area contributed by atoms with Gasteiger partial charge in [0.2, 0.25) is 0 Å². The lowest BCUT2D eigenvalue weighted by molar-refractivity contribution is 0.00578. The molecule has 1 saturated heterocycles. The van der Waals surface area contributed by atoms with Crippen LogP contribution in [0, 0.1) is 0 Å². The summed E-state index contributed by atoms with van der Waals surface area (Å²) >= 11 is 0. The van der Waals surface area contributed by atoms with E-state index in [-0.39, 0.29) is 0 Å². The first-order chi connectivity index (χ1) is 16.8. The molecule has 1 aliphatic rings. The van der Waals surface area contributed by atoms with Crippen molar-refractivity contribution >= 4 is 51.6 Å². The number of nitrogens with zero attached hydrogens (tertiary/aromatic N) is 1. The van der Waals surface area contributed by atoms with Crippen LogP contribution < -0.4 is 10.4 Å². The van der Waals surface area contributed by atoms with Gasteiger partial charge in [0.15, 0.2) is 0 Å². The van der Waals surface area contributed by atoms with Gasteiger partial charge < -0.3 is 18.6 Å². The molecule has 4 nitrogen and oxygen atoms in total. The van der Waals surface area contributed by atoms with Gasteiger partial charge in [-0.15, -0.1) is 0 Å². The van der Waals surface area contributed by atoms with Crippen molar-refractivity contribution in [3.63, 3.8) is 0 Å². The van der Waals surface area contributed by atoms with Crippen LogP contribution in [-0.2, 0) is 9.31 Å². The van der Waals surface area contributed by atoms with Crippen LogP contribution in [0.25, 0.3) is 21.9 Å². The molecule has 6 rings (SSSR count). The molecule has 0 aliphatic carbocycles. The Labute approximate surface area is 206 Å². The van der Waals surface area contributed by atoms with Crippen LogP contribution in [0.3, 0.4) is 0 Å². The highest BCUT2D eigenvalue weighted by Crippen LogP contribution is 2.40. The summed E-state index contributed by atoms with van der Waals surface area (Å²) in [6.45, 7) is 8.28. The molecule has 1 fully saturated rings. The Balaban J connectivity index is 1.49. The zero-order chi connectivity index (χ0) is 24.2. The topological polar surface area (TPSA) is 34.8 Å². The molecule has 35 heavy (non-hydrogen) atoms. The Bertz CT molecular complexity index is 1450. The lowest BCUT2D eigenvalue weighted by Crippen LogP contribution is -2.41. The average Bonchev–Trinajstić information content (AvgIpc) is 3.33. The van der Waals surface area contributed by atoms with E-state index in [1.165, 1.54) is 0 Å². The highest BCUT2D eigenvalue weighted by atomic mass is 16.7. The van der Waals surface area contributed by atoms with Crippen molar-refractivity contribution in [1.82, 2.24) is 0 Å². The Morgan fingerprint density at radius 3 is 1.80 bits per heavy atom. The van der Waals surface area contributed by atoms with E-state index in [2.05, 4.69) is 111 Å². The van der Waals surface area contributed by atoms with Crippen molar-refractivity contribution < 1.29 is 13.7 Å². The zero-order valence-corrected chi connectivity index (χ0v) is 20.5.